The SMILES string of the molecule is CCCC(=O)OCC1OCC(=O)O1.CCCC(=O)OCC1OCC(OC(C)=O)O1.CCCC(=O)OC[C@@H]1OCC(OC(C)=O)O1.CCCC(=O)OC[C@@H]1OC[C@H](n2cnc3c(N)nc(N)nc32)O1.CCCC(=O)OC[C@@H]1OC[C@H](n2cnc3c(N)nc(N)nc32)O1. The number of cyclic esters (lactones) is 1. The minimum Gasteiger partial charge on any atom is -0.460 e. The Labute approximate surface area is 521 Å². The van der Waals surface area contributed by atoms with Crippen molar-refractivity contribution in [3.8, 4) is 0 Å². The van der Waals surface area contributed by atoms with E-state index in [0.29, 0.717) is 54.4 Å². The Morgan fingerprint density at radius 3 is 1.09 bits per heavy atom. The summed E-state index contributed by atoms with van der Waals surface area (Å²) < 4.78 is 90.0. The van der Waals surface area contributed by atoms with Gasteiger partial charge in [-0.1, -0.05) is 34.6 Å². The Morgan fingerprint density at radius 2 is 0.780 bits per heavy atom. The summed E-state index contributed by atoms with van der Waals surface area (Å²) in [4.78, 5) is 112. The molecule has 0 bridgehead atoms. The highest BCUT2D eigenvalue weighted by atomic mass is 16.8. The topological polar surface area (TPSA) is 485 Å². The molecule has 0 aliphatic carbocycles. The van der Waals surface area contributed by atoms with Gasteiger partial charge in [0.25, 0.3) is 0 Å². The molecule has 0 spiro atoms. The lowest BCUT2D eigenvalue weighted by Crippen LogP contribution is -2.22. The molecule has 4 unspecified atom stereocenters. The van der Waals surface area contributed by atoms with Crippen LogP contribution in [0.5, 0.6) is 0 Å². The fourth-order valence-corrected chi connectivity index (χ4v) is 7.87. The summed E-state index contributed by atoms with van der Waals surface area (Å²) in [5.41, 5.74) is 24.6. The zero-order valence-electron chi connectivity index (χ0n) is 51.6. The molecule has 91 heavy (non-hydrogen) atoms. The number of nitrogen functional groups attached to an aromatic ring is 4. The zero-order valence-corrected chi connectivity index (χ0v) is 51.6. The second-order valence-electron chi connectivity index (χ2n) is 19.6. The van der Waals surface area contributed by atoms with E-state index >= 15 is 0 Å². The number of aromatic nitrogens is 8. The molecule has 37 heteroatoms. The van der Waals surface area contributed by atoms with E-state index in [1.54, 1.807) is 9.13 Å². The quantitative estimate of drug-likeness (QED) is 0.0574. The van der Waals surface area contributed by atoms with Gasteiger partial charge in [-0.3, -0.25) is 42.7 Å². The molecular formula is C54H80N12O25. The third-order valence-corrected chi connectivity index (χ3v) is 11.9. The molecule has 5 fully saturated rings. The highest BCUT2D eigenvalue weighted by Gasteiger charge is 2.34. The van der Waals surface area contributed by atoms with E-state index in [9.17, 15) is 38.4 Å². The molecule has 0 amide bonds. The second-order valence-corrected chi connectivity index (χ2v) is 19.6. The molecule has 4 aromatic rings. The molecule has 5 aliphatic rings. The lowest BCUT2D eigenvalue weighted by atomic mass is 10.3. The number of hydrogen-bond donors (Lipinski definition) is 4. The van der Waals surface area contributed by atoms with Crippen molar-refractivity contribution in [2.75, 3.05) is 89.0 Å². The van der Waals surface area contributed by atoms with Crippen LogP contribution in [0.2, 0.25) is 0 Å². The van der Waals surface area contributed by atoms with Crippen LogP contribution in [0, 0.1) is 0 Å². The Kier molecular flexibility index (Phi) is 31.0. The molecule has 9 heterocycles. The van der Waals surface area contributed by atoms with E-state index in [1.165, 1.54) is 26.5 Å². The number of nitrogens with zero attached hydrogens (tertiary/aromatic N) is 8. The number of hydrogen-bond acceptors (Lipinski definition) is 35. The van der Waals surface area contributed by atoms with E-state index in [1.807, 2.05) is 34.6 Å². The zero-order chi connectivity index (χ0) is 66.4. The number of anilines is 4. The van der Waals surface area contributed by atoms with Crippen molar-refractivity contribution in [3.63, 3.8) is 0 Å². The Hall–Kier alpha value is -8.30. The predicted octanol–water partition coefficient (Wildman–Crippen LogP) is 1.82. The van der Waals surface area contributed by atoms with Crippen LogP contribution in [0.25, 0.3) is 22.3 Å². The fourth-order valence-electron chi connectivity index (χ4n) is 7.87. The van der Waals surface area contributed by atoms with Gasteiger partial charge < -0.3 is 103 Å². The number of imidazole rings is 2. The highest BCUT2D eigenvalue weighted by molar-refractivity contribution is 5.83. The van der Waals surface area contributed by atoms with Gasteiger partial charge in [0, 0.05) is 46.0 Å². The van der Waals surface area contributed by atoms with Crippen molar-refractivity contribution in [3.05, 3.63) is 12.7 Å². The maximum Gasteiger partial charge on any atom is 0.334 e. The monoisotopic (exact) mass is 1300 g/mol. The van der Waals surface area contributed by atoms with Crippen molar-refractivity contribution in [2.24, 2.45) is 0 Å². The van der Waals surface area contributed by atoms with Crippen LogP contribution in [0.3, 0.4) is 0 Å². The van der Waals surface area contributed by atoms with Gasteiger partial charge in [0.05, 0.1) is 25.9 Å². The highest BCUT2D eigenvalue weighted by Crippen LogP contribution is 2.28. The lowest BCUT2D eigenvalue weighted by molar-refractivity contribution is -0.184. The van der Waals surface area contributed by atoms with Gasteiger partial charge in [0.1, 0.15) is 57.3 Å². The van der Waals surface area contributed by atoms with Crippen LogP contribution in [0.4, 0.5) is 23.5 Å². The smallest absolute Gasteiger partial charge is 0.334 e. The molecule has 9 rings (SSSR count). The first-order chi connectivity index (χ1) is 43.6. The van der Waals surface area contributed by atoms with Crippen molar-refractivity contribution < 1.29 is 119 Å². The number of nitrogens with two attached hydrogens (primary N) is 4. The van der Waals surface area contributed by atoms with Gasteiger partial charge in [-0.25, -0.2) is 14.8 Å². The van der Waals surface area contributed by atoms with Gasteiger partial charge in [-0.05, 0) is 32.1 Å². The standard InChI is InChI=1S/2C13H18N6O4.2C10H16O6.C8H12O5/c2*1-2-3-8(20)21-5-9-22-4-7(23-9)19-6-16-10-11(14)17-13(15)18-12(10)19;2*1-3-4-8(12)13-5-9-14-6-10(16-9)15-7(2)11;1-2-3-6(9)11-5-8-12-4-7(10)13-8/h2*6-7,9H,2-5H2,1H3,(H4,14,15,17,18);2*9-10H,3-6H2,1-2H3;8H,2-5H2,1H3/t2*7-,9-;9-,10?;;/m111../s1. The summed E-state index contributed by atoms with van der Waals surface area (Å²) >= 11 is 0. The number of carbonyl (C=O) groups excluding carboxylic acids is 8. The van der Waals surface area contributed by atoms with E-state index in [2.05, 4.69) is 34.6 Å². The van der Waals surface area contributed by atoms with Crippen molar-refractivity contribution in [1.29, 1.82) is 0 Å². The molecule has 506 valence electrons. The predicted molar refractivity (Wildman–Crippen MR) is 306 cm³/mol. The number of esters is 8. The Bertz CT molecular complexity index is 2830. The second kappa shape index (κ2) is 38.4. The Balaban J connectivity index is 0.000000210. The van der Waals surface area contributed by atoms with E-state index in [0.717, 1.165) is 32.1 Å². The molecule has 37 nitrogen and oxygen atoms in total. The molecule has 8 N–H and O–H groups in total. The largest absolute Gasteiger partial charge is 0.460 e. The van der Waals surface area contributed by atoms with Crippen molar-refractivity contribution in [2.45, 2.75) is 169 Å². The molecule has 0 radical (unpaired) electrons. The summed E-state index contributed by atoms with van der Waals surface area (Å²) in [5.74, 6) is -2.18. The summed E-state index contributed by atoms with van der Waals surface area (Å²) in [6.45, 7) is 13.0. The van der Waals surface area contributed by atoms with Gasteiger partial charge >= 0.3 is 47.8 Å². The van der Waals surface area contributed by atoms with Gasteiger partial charge in [0.2, 0.25) is 30.8 Å². The van der Waals surface area contributed by atoms with Gasteiger partial charge in [0.15, 0.2) is 67.2 Å². The third kappa shape index (κ3) is 25.5. The third-order valence-electron chi connectivity index (χ3n) is 11.9. The maximum atomic E-state index is 11.4. The van der Waals surface area contributed by atoms with E-state index in [-0.39, 0.29) is 119 Å². The molecule has 4 aromatic heterocycles. The molecule has 5 aliphatic heterocycles. The average Bonchev–Trinajstić information content (AvgIpc) is 1.68. The van der Waals surface area contributed by atoms with Crippen LogP contribution in [0.15, 0.2) is 12.7 Å². The minimum absolute atomic E-state index is 0.00935. The van der Waals surface area contributed by atoms with Crippen LogP contribution in [-0.4, -0.2) is 197 Å². The fraction of sp³-hybridized carbons (Fsp3) is 0.667. The van der Waals surface area contributed by atoms with Gasteiger partial charge in [-0.15, -0.1) is 0 Å². The first-order valence-corrected chi connectivity index (χ1v) is 29.1. The van der Waals surface area contributed by atoms with Crippen molar-refractivity contribution in [1.82, 2.24) is 39.0 Å². The summed E-state index contributed by atoms with van der Waals surface area (Å²) in [7, 11) is 0. The van der Waals surface area contributed by atoms with Crippen LogP contribution < -0.4 is 22.9 Å². The first-order valence-electron chi connectivity index (χ1n) is 29.1. The van der Waals surface area contributed by atoms with E-state index < -0.39 is 74.4 Å². The normalized spacial score (nSPS) is 22.1. The number of ether oxygens (including phenoxy) is 17. The molecule has 5 saturated heterocycles. The van der Waals surface area contributed by atoms with E-state index in [4.69, 9.17) is 98.7 Å². The summed E-state index contributed by atoms with van der Waals surface area (Å²) in [5, 5.41) is 0. The Morgan fingerprint density at radius 1 is 0.462 bits per heavy atom. The van der Waals surface area contributed by atoms with Crippen LogP contribution >= 0.6 is 0 Å². The van der Waals surface area contributed by atoms with Crippen molar-refractivity contribution >= 4 is 93.6 Å². The lowest BCUT2D eigenvalue weighted by Gasteiger charge is -2.13. The number of fused-ring (bicyclic) bond motifs is 2. The number of carbonyl (C=O) groups is 8. The molecular weight excluding hydrogens is 1220 g/mol. The molecule has 9 atom stereocenters. The first kappa shape index (κ1) is 73.4. The summed E-state index contributed by atoms with van der Waals surface area (Å²) in [6.07, 6.45) is 3.04. The molecule has 0 saturated carbocycles. The average molecular weight is 1300 g/mol. The minimum atomic E-state index is -0.715. The summed E-state index contributed by atoms with van der Waals surface area (Å²) in [6, 6.07) is 0. The molecule has 0 aromatic carbocycles. The maximum absolute atomic E-state index is 11.4. The van der Waals surface area contributed by atoms with Gasteiger partial charge in [-0.2, -0.15) is 19.9 Å². The van der Waals surface area contributed by atoms with Crippen LogP contribution in [-0.2, 0) is 119 Å². The van der Waals surface area contributed by atoms with Crippen LogP contribution in [0.1, 0.15) is 125 Å². The number of rotatable bonds is 24.